The molecule has 1 aromatic carbocycles. The van der Waals surface area contributed by atoms with Gasteiger partial charge in [-0.25, -0.2) is 9.97 Å². The number of fused-ring (bicyclic) bond motifs is 1. The summed E-state index contributed by atoms with van der Waals surface area (Å²) in [4.78, 5) is 15.4. The lowest BCUT2D eigenvalue weighted by atomic mass is 9.97. The van der Waals surface area contributed by atoms with Crippen LogP contribution in [0.5, 0.6) is 0 Å². The fourth-order valence-electron chi connectivity index (χ4n) is 3.94. The number of benzene rings is 1. The van der Waals surface area contributed by atoms with Crippen molar-refractivity contribution in [2.75, 3.05) is 13.1 Å². The molecular weight excluding hydrogens is 352 g/mol. The topological polar surface area (TPSA) is 41.9 Å². The lowest BCUT2D eigenvalue weighted by molar-refractivity contribution is 0.326. The summed E-state index contributed by atoms with van der Waals surface area (Å²) >= 11 is 1.79. The molecule has 4 nitrogen and oxygen atoms in total. The molecule has 0 saturated carbocycles. The molecule has 0 spiro atoms. The van der Waals surface area contributed by atoms with Gasteiger partial charge in [-0.2, -0.15) is 0 Å². The minimum Gasteiger partial charge on any atom is -0.298 e. The Balaban J connectivity index is 1.37. The molecule has 1 unspecified atom stereocenters. The Kier molecular flexibility index (Phi) is 4.40. The van der Waals surface area contributed by atoms with Crippen molar-refractivity contribution in [3.8, 4) is 11.3 Å². The van der Waals surface area contributed by atoms with Crippen molar-refractivity contribution in [3.63, 3.8) is 0 Å². The minimum atomic E-state index is 0.557. The van der Waals surface area contributed by atoms with E-state index in [1.807, 2.05) is 18.6 Å². The highest BCUT2D eigenvalue weighted by molar-refractivity contribution is 7.17. The summed E-state index contributed by atoms with van der Waals surface area (Å²) < 4.78 is 1.32. The van der Waals surface area contributed by atoms with Crippen LogP contribution in [0.25, 0.3) is 21.3 Å². The van der Waals surface area contributed by atoms with Crippen LogP contribution in [0.15, 0.2) is 66.7 Å². The molecule has 134 valence electrons. The average Bonchev–Trinajstić information content (AvgIpc) is 3.36. The first-order valence-corrected chi connectivity index (χ1v) is 10.1. The van der Waals surface area contributed by atoms with Gasteiger partial charge in [-0.1, -0.05) is 18.2 Å². The average molecular weight is 372 g/mol. The number of hydrogen-bond donors (Lipinski definition) is 0. The van der Waals surface area contributed by atoms with E-state index in [0.29, 0.717) is 5.92 Å². The molecule has 4 aromatic rings. The highest BCUT2D eigenvalue weighted by Crippen LogP contribution is 2.35. The highest BCUT2D eigenvalue weighted by atomic mass is 32.1. The number of likely N-dealkylation sites (tertiary alicyclic amines) is 1. The summed E-state index contributed by atoms with van der Waals surface area (Å²) in [6.07, 6.45) is 8.55. The molecule has 5 heteroatoms. The van der Waals surface area contributed by atoms with Gasteiger partial charge in [-0.3, -0.25) is 9.88 Å². The van der Waals surface area contributed by atoms with Gasteiger partial charge in [-0.15, -0.1) is 11.3 Å². The number of nitrogens with zero attached hydrogens (tertiary/aromatic N) is 4. The van der Waals surface area contributed by atoms with Crippen molar-refractivity contribution in [1.29, 1.82) is 0 Å². The molecule has 0 radical (unpaired) electrons. The molecule has 1 saturated heterocycles. The monoisotopic (exact) mass is 372 g/mol. The van der Waals surface area contributed by atoms with Crippen LogP contribution in [-0.2, 0) is 6.54 Å². The molecule has 1 aliphatic rings. The van der Waals surface area contributed by atoms with E-state index in [-0.39, 0.29) is 0 Å². The number of pyridine rings is 1. The fraction of sp³-hybridized carbons (Fsp3) is 0.227. The number of aromatic nitrogens is 3. The number of hydrogen-bond acceptors (Lipinski definition) is 5. The van der Waals surface area contributed by atoms with E-state index in [1.165, 1.54) is 33.2 Å². The third kappa shape index (κ3) is 3.36. The first kappa shape index (κ1) is 16.5. The van der Waals surface area contributed by atoms with E-state index in [1.54, 1.807) is 17.7 Å². The minimum absolute atomic E-state index is 0.557. The second-order valence-electron chi connectivity index (χ2n) is 7.09. The predicted octanol–water partition coefficient (Wildman–Crippen LogP) is 4.74. The Morgan fingerprint density at radius 1 is 1.11 bits per heavy atom. The number of rotatable bonds is 4. The van der Waals surface area contributed by atoms with Gasteiger partial charge >= 0.3 is 0 Å². The van der Waals surface area contributed by atoms with Crippen LogP contribution < -0.4 is 0 Å². The zero-order valence-electron chi connectivity index (χ0n) is 15.0. The molecular formula is C22H20N4S. The lowest BCUT2D eigenvalue weighted by Gasteiger charge is -2.16. The Hall–Kier alpha value is -2.63. The standard InChI is InChI=1S/C22H20N4S/c1-2-4-22-19(3-1)20(14-27-22)21-9-17(5-7-25-21)18-6-8-26(13-18)12-16-10-23-15-24-11-16/h1-5,7,9-11,14-15,18H,6,8,12-13H2. The van der Waals surface area contributed by atoms with Crippen molar-refractivity contribution in [1.82, 2.24) is 19.9 Å². The van der Waals surface area contributed by atoms with Crippen molar-refractivity contribution in [2.24, 2.45) is 0 Å². The molecule has 5 rings (SSSR count). The van der Waals surface area contributed by atoms with Gasteiger partial charge in [0, 0.05) is 58.3 Å². The third-order valence-corrected chi connectivity index (χ3v) is 6.27. The Labute approximate surface area is 162 Å². The first-order chi connectivity index (χ1) is 13.4. The molecule has 0 N–H and O–H groups in total. The van der Waals surface area contributed by atoms with Gasteiger partial charge in [0.05, 0.1) is 5.69 Å². The van der Waals surface area contributed by atoms with Gasteiger partial charge in [0.2, 0.25) is 0 Å². The van der Waals surface area contributed by atoms with Gasteiger partial charge in [-0.05, 0) is 42.6 Å². The Morgan fingerprint density at radius 2 is 2.00 bits per heavy atom. The molecule has 1 atom stereocenters. The van der Waals surface area contributed by atoms with Gasteiger partial charge in [0.1, 0.15) is 6.33 Å². The van der Waals surface area contributed by atoms with Crippen molar-refractivity contribution >= 4 is 21.4 Å². The van der Waals surface area contributed by atoms with Gasteiger partial charge in [0.15, 0.2) is 0 Å². The zero-order valence-corrected chi connectivity index (χ0v) is 15.8. The molecule has 0 aliphatic carbocycles. The molecule has 1 aliphatic heterocycles. The number of thiophene rings is 1. The van der Waals surface area contributed by atoms with Crippen molar-refractivity contribution in [3.05, 3.63) is 77.8 Å². The predicted molar refractivity (Wildman–Crippen MR) is 110 cm³/mol. The van der Waals surface area contributed by atoms with E-state index in [2.05, 4.69) is 61.6 Å². The van der Waals surface area contributed by atoms with E-state index in [4.69, 9.17) is 0 Å². The molecule has 3 aromatic heterocycles. The SMILES string of the molecule is c1ccc2c(-c3cc(C4CCN(Cc5cncnc5)C4)ccn3)csc2c1. The van der Waals surface area contributed by atoms with Crippen molar-refractivity contribution < 1.29 is 0 Å². The smallest absolute Gasteiger partial charge is 0.115 e. The van der Waals surface area contributed by atoms with Gasteiger partial charge in [0.25, 0.3) is 0 Å². The van der Waals surface area contributed by atoms with Crippen LogP contribution in [0.4, 0.5) is 0 Å². The Bertz CT molecular complexity index is 1060. The molecule has 27 heavy (non-hydrogen) atoms. The molecule has 1 fully saturated rings. The maximum absolute atomic E-state index is 4.67. The summed E-state index contributed by atoms with van der Waals surface area (Å²) in [5.74, 6) is 0.557. The maximum atomic E-state index is 4.67. The van der Waals surface area contributed by atoms with Crippen LogP contribution in [0.3, 0.4) is 0 Å². The van der Waals surface area contributed by atoms with E-state index in [0.717, 1.165) is 25.3 Å². The summed E-state index contributed by atoms with van der Waals surface area (Å²) in [5.41, 5.74) is 4.90. The molecule has 0 amide bonds. The van der Waals surface area contributed by atoms with Crippen LogP contribution in [-0.4, -0.2) is 32.9 Å². The first-order valence-electron chi connectivity index (χ1n) is 9.25. The third-order valence-electron chi connectivity index (χ3n) is 5.30. The fourth-order valence-corrected chi connectivity index (χ4v) is 4.90. The van der Waals surface area contributed by atoms with E-state index >= 15 is 0 Å². The van der Waals surface area contributed by atoms with E-state index in [9.17, 15) is 0 Å². The summed E-state index contributed by atoms with van der Waals surface area (Å²) in [7, 11) is 0. The second kappa shape index (κ2) is 7.18. The quantitative estimate of drug-likeness (QED) is 0.519. The van der Waals surface area contributed by atoms with Crippen LogP contribution >= 0.6 is 11.3 Å². The largest absolute Gasteiger partial charge is 0.298 e. The summed E-state index contributed by atoms with van der Waals surface area (Å²) in [5, 5.41) is 3.52. The Morgan fingerprint density at radius 3 is 2.93 bits per heavy atom. The lowest BCUT2D eigenvalue weighted by Crippen LogP contribution is -2.20. The second-order valence-corrected chi connectivity index (χ2v) is 8.00. The van der Waals surface area contributed by atoms with Gasteiger partial charge < -0.3 is 0 Å². The van der Waals surface area contributed by atoms with E-state index < -0.39 is 0 Å². The molecule has 4 heterocycles. The van der Waals surface area contributed by atoms with Crippen LogP contribution in [0.1, 0.15) is 23.5 Å². The van der Waals surface area contributed by atoms with Crippen LogP contribution in [0, 0.1) is 0 Å². The van der Waals surface area contributed by atoms with Crippen molar-refractivity contribution in [2.45, 2.75) is 18.9 Å². The molecule has 0 bridgehead atoms. The highest BCUT2D eigenvalue weighted by Gasteiger charge is 2.24. The summed E-state index contributed by atoms with van der Waals surface area (Å²) in [6, 6.07) is 13.0. The zero-order chi connectivity index (χ0) is 18.1. The maximum Gasteiger partial charge on any atom is 0.115 e. The van der Waals surface area contributed by atoms with Crippen LogP contribution in [0.2, 0.25) is 0 Å². The normalized spacial score (nSPS) is 17.6. The summed E-state index contributed by atoms with van der Waals surface area (Å²) in [6.45, 7) is 3.10.